The Balaban J connectivity index is 1.87. The van der Waals surface area contributed by atoms with Crippen LogP contribution in [-0.2, 0) is 17.6 Å². The van der Waals surface area contributed by atoms with Gasteiger partial charge in [0.1, 0.15) is 4.83 Å². The highest BCUT2D eigenvalue weighted by atomic mass is 32.2. The highest BCUT2D eigenvalue weighted by Crippen LogP contribution is 2.34. The Morgan fingerprint density at radius 2 is 2.00 bits per heavy atom. The van der Waals surface area contributed by atoms with Crippen molar-refractivity contribution < 1.29 is 4.79 Å². The summed E-state index contributed by atoms with van der Waals surface area (Å²) >= 11 is 2.98. The largest absolute Gasteiger partial charge is 0.353 e. The van der Waals surface area contributed by atoms with Gasteiger partial charge in [-0.25, -0.2) is 4.98 Å². The van der Waals surface area contributed by atoms with Crippen molar-refractivity contribution in [3.05, 3.63) is 50.6 Å². The number of amides is 1. The van der Waals surface area contributed by atoms with Gasteiger partial charge in [-0.3, -0.25) is 14.2 Å². The summed E-state index contributed by atoms with van der Waals surface area (Å²) < 4.78 is 1.71. The monoisotopic (exact) mass is 441 g/mol. The lowest BCUT2D eigenvalue weighted by molar-refractivity contribution is -0.119. The maximum absolute atomic E-state index is 13.8. The number of hydrogen-bond donors (Lipinski definition) is 1. The molecule has 1 aromatic carbocycles. The molecule has 3 aromatic rings. The number of carbonyl (C=O) groups is 1. The molecule has 0 bridgehead atoms. The van der Waals surface area contributed by atoms with Crippen molar-refractivity contribution in [3.8, 4) is 5.69 Å². The van der Waals surface area contributed by atoms with Crippen LogP contribution in [0.15, 0.2) is 34.2 Å². The molecule has 0 saturated carbocycles. The van der Waals surface area contributed by atoms with Crippen LogP contribution in [0.1, 0.15) is 49.1 Å². The normalized spacial score (nSPS) is 14.0. The van der Waals surface area contributed by atoms with E-state index in [9.17, 15) is 9.59 Å². The summed E-state index contributed by atoms with van der Waals surface area (Å²) in [6, 6.07) is 7.94. The fraction of sp³-hybridized carbons (Fsp3) is 0.435. The van der Waals surface area contributed by atoms with Gasteiger partial charge in [0.25, 0.3) is 5.56 Å². The number of para-hydroxylation sites is 1. The molecule has 0 aliphatic heterocycles. The first-order valence-corrected chi connectivity index (χ1v) is 12.3. The van der Waals surface area contributed by atoms with Gasteiger partial charge in [0, 0.05) is 10.9 Å². The summed E-state index contributed by atoms with van der Waals surface area (Å²) in [5, 5.41) is 4.26. The zero-order chi connectivity index (χ0) is 21.3. The van der Waals surface area contributed by atoms with Gasteiger partial charge in [0.2, 0.25) is 5.91 Å². The van der Waals surface area contributed by atoms with Crippen LogP contribution in [0.4, 0.5) is 0 Å². The molecule has 7 heteroatoms. The van der Waals surface area contributed by atoms with Crippen molar-refractivity contribution >= 4 is 39.2 Å². The Morgan fingerprint density at radius 3 is 2.77 bits per heavy atom. The molecule has 0 atom stereocenters. The van der Waals surface area contributed by atoms with Gasteiger partial charge in [0.05, 0.1) is 16.8 Å². The zero-order valence-corrected chi connectivity index (χ0v) is 19.3. The SMILES string of the molecule is Cc1ccccc1-n1c(SCC(=O)NC(C)C)nc2sc3c(c2c1=O)CCCCC3. The molecule has 1 amide bonds. The minimum atomic E-state index is -0.0531. The van der Waals surface area contributed by atoms with Gasteiger partial charge in [-0.15, -0.1) is 11.3 Å². The van der Waals surface area contributed by atoms with E-state index in [-0.39, 0.29) is 23.3 Å². The maximum Gasteiger partial charge on any atom is 0.267 e. The minimum Gasteiger partial charge on any atom is -0.353 e. The molecule has 1 N–H and O–H groups in total. The number of thioether (sulfide) groups is 1. The molecule has 0 saturated heterocycles. The second-order valence-electron chi connectivity index (χ2n) is 8.08. The van der Waals surface area contributed by atoms with E-state index >= 15 is 0 Å². The van der Waals surface area contributed by atoms with E-state index in [1.54, 1.807) is 15.9 Å². The Hall–Kier alpha value is -2.12. The van der Waals surface area contributed by atoms with E-state index in [2.05, 4.69) is 5.32 Å². The smallest absolute Gasteiger partial charge is 0.267 e. The number of aromatic nitrogens is 2. The van der Waals surface area contributed by atoms with Crippen molar-refractivity contribution in [1.82, 2.24) is 14.9 Å². The van der Waals surface area contributed by atoms with Crippen molar-refractivity contribution in [3.63, 3.8) is 0 Å². The molecule has 0 fully saturated rings. The number of fused-ring (bicyclic) bond motifs is 3. The fourth-order valence-electron chi connectivity index (χ4n) is 3.98. The Labute approximate surface area is 184 Å². The Bertz CT molecular complexity index is 1150. The van der Waals surface area contributed by atoms with E-state index < -0.39 is 0 Å². The third-order valence-electron chi connectivity index (χ3n) is 5.35. The van der Waals surface area contributed by atoms with Crippen molar-refractivity contribution in [2.45, 2.75) is 64.1 Å². The molecule has 5 nitrogen and oxygen atoms in total. The quantitative estimate of drug-likeness (QED) is 0.356. The average Bonchev–Trinajstić information content (AvgIpc) is 2.88. The lowest BCUT2D eigenvalue weighted by Crippen LogP contribution is -2.32. The molecular formula is C23H27N3O2S2. The zero-order valence-electron chi connectivity index (χ0n) is 17.7. The second-order valence-corrected chi connectivity index (χ2v) is 10.1. The molecule has 158 valence electrons. The predicted octanol–water partition coefficient (Wildman–Crippen LogP) is 4.64. The fourth-order valence-corrected chi connectivity index (χ4v) is 6.10. The van der Waals surface area contributed by atoms with E-state index in [1.165, 1.54) is 35.0 Å². The first-order chi connectivity index (χ1) is 14.5. The van der Waals surface area contributed by atoms with Crippen LogP contribution in [0.25, 0.3) is 15.9 Å². The number of aryl methyl sites for hydroxylation is 3. The third kappa shape index (κ3) is 4.18. The van der Waals surface area contributed by atoms with Gasteiger partial charge < -0.3 is 5.32 Å². The highest BCUT2D eigenvalue weighted by Gasteiger charge is 2.23. The number of rotatable bonds is 5. The molecule has 1 aliphatic carbocycles. The van der Waals surface area contributed by atoms with Gasteiger partial charge in [-0.05, 0) is 63.6 Å². The van der Waals surface area contributed by atoms with Crippen LogP contribution in [0.5, 0.6) is 0 Å². The summed E-state index contributed by atoms with van der Waals surface area (Å²) in [5.74, 6) is 0.176. The summed E-state index contributed by atoms with van der Waals surface area (Å²) in [4.78, 5) is 33.1. The van der Waals surface area contributed by atoms with E-state index in [0.29, 0.717) is 5.16 Å². The third-order valence-corrected chi connectivity index (χ3v) is 7.47. The molecule has 4 rings (SSSR count). The van der Waals surface area contributed by atoms with Gasteiger partial charge in [-0.1, -0.05) is 36.4 Å². The van der Waals surface area contributed by atoms with Gasteiger partial charge >= 0.3 is 0 Å². The molecule has 1 aliphatic rings. The van der Waals surface area contributed by atoms with Gasteiger partial charge in [0.15, 0.2) is 5.16 Å². The molecule has 2 aromatic heterocycles. The van der Waals surface area contributed by atoms with Crippen LogP contribution in [0.3, 0.4) is 0 Å². The average molecular weight is 442 g/mol. The molecule has 0 unspecified atom stereocenters. The van der Waals surface area contributed by atoms with Crippen molar-refractivity contribution in [2.24, 2.45) is 0 Å². The van der Waals surface area contributed by atoms with Crippen LogP contribution in [0, 0.1) is 6.92 Å². The van der Waals surface area contributed by atoms with E-state index in [0.717, 1.165) is 40.7 Å². The Morgan fingerprint density at radius 1 is 1.23 bits per heavy atom. The lowest BCUT2D eigenvalue weighted by atomic mass is 10.1. The molecule has 0 spiro atoms. The molecular weight excluding hydrogens is 414 g/mol. The van der Waals surface area contributed by atoms with Gasteiger partial charge in [-0.2, -0.15) is 0 Å². The number of nitrogens with one attached hydrogen (secondary N) is 1. The first kappa shape index (κ1) is 21.1. The first-order valence-electron chi connectivity index (χ1n) is 10.5. The minimum absolute atomic E-state index is 0.0135. The molecule has 2 heterocycles. The number of carbonyl (C=O) groups excluding carboxylic acids is 1. The standard InChI is InChI=1S/C23H27N3O2S2/c1-14(2)24-19(27)13-29-23-25-21-20(16-10-5-4-6-12-18(16)30-21)22(28)26(23)17-11-8-7-9-15(17)3/h7-9,11,14H,4-6,10,12-13H2,1-3H3,(H,24,27). The second kappa shape index (κ2) is 8.94. The van der Waals surface area contributed by atoms with Crippen LogP contribution >= 0.6 is 23.1 Å². The maximum atomic E-state index is 13.8. The lowest BCUT2D eigenvalue weighted by Gasteiger charge is -2.15. The summed E-state index contributed by atoms with van der Waals surface area (Å²) in [5.41, 5.74) is 3.02. The number of thiophene rings is 1. The molecule has 0 radical (unpaired) electrons. The van der Waals surface area contributed by atoms with Crippen molar-refractivity contribution in [2.75, 3.05) is 5.75 Å². The van der Waals surface area contributed by atoms with E-state index in [1.807, 2.05) is 45.0 Å². The highest BCUT2D eigenvalue weighted by molar-refractivity contribution is 7.99. The van der Waals surface area contributed by atoms with Crippen LogP contribution in [-0.4, -0.2) is 27.3 Å². The summed E-state index contributed by atoms with van der Waals surface area (Å²) in [7, 11) is 0. The number of benzene rings is 1. The van der Waals surface area contributed by atoms with E-state index in [4.69, 9.17) is 4.98 Å². The van der Waals surface area contributed by atoms with Crippen molar-refractivity contribution in [1.29, 1.82) is 0 Å². The topological polar surface area (TPSA) is 64.0 Å². The summed E-state index contributed by atoms with van der Waals surface area (Å²) in [6.07, 6.45) is 5.47. The Kier molecular flexibility index (Phi) is 6.29. The summed E-state index contributed by atoms with van der Waals surface area (Å²) in [6.45, 7) is 5.88. The van der Waals surface area contributed by atoms with Crippen LogP contribution < -0.4 is 10.9 Å². The number of nitrogens with zero attached hydrogens (tertiary/aromatic N) is 2. The predicted molar refractivity (Wildman–Crippen MR) is 125 cm³/mol. The molecule has 30 heavy (non-hydrogen) atoms. The van der Waals surface area contributed by atoms with Crippen LogP contribution in [0.2, 0.25) is 0 Å². The number of hydrogen-bond acceptors (Lipinski definition) is 5.